The quantitative estimate of drug-likeness (QED) is 0.879. The van der Waals surface area contributed by atoms with Crippen molar-refractivity contribution in [2.45, 2.75) is 32.4 Å². The highest BCUT2D eigenvalue weighted by Crippen LogP contribution is 2.27. The molecule has 0 aliphatic rings. The van der Waals surface area contributed by atoms with Crippen molar-refractivity contribution < 1.29 is 4.74 Å². The smallest absolute Gasteiger partial charge is 0.139 e. The summed E-state index contributed by atoms with van der Waals surface area (Å²) < 4.78 is 6.11. The molecule has 0 bridgehead atoms. The Hall–Kier alpha value is -1.51. The van der Waals surface area contributed by atoms with Gasteiger partial charge in [0.15, 0.2) is 0 Å². The van der Waals surface area contributed by atoms with Crippen molar-refractivity contribution in [3.05, 3.63) is 64.7 Å². The lowest BCUT2D eigenvalue weighted by atomic mass is 10.0. The molecule has 2 atom stereocenters. The van der Waals surface area contributed by atoms with E-state index in [4.69, 9.17) is 22.1 Å². The Morgan fingerprint density at radius 1 is 1.15 bits per heavy atom. The lowest BCUT2D eigenvalue weighted by Crippen LogP contribution is -2.31. The van der Waals surface area contributed by atoms with Gasteiger partial charge in [-0.05, 0) is 48.7 Å². The van der Waals surface area contributed by atoms with E-state index >= 15 is 0 Å². The van der Waals surface area contributed by atoms with Crippen LogP contribution in [0.15, 0.2) is 48.5 Å². The first kappa shape index (κ1) is 14.9. The number of nitrogens with two attached hydrogens (primary N) is 1. The molecule has 0 radical (unpaired) electrons. The van der Waals surface area contributed by atoms with Crippen LogP contribution in [0.1, 0.15) is 30.6 Å². The summed E-state index contributed by atoms with van der Waals surface area (Å²) in [6, 6.07) is 15.6. The maximum absolute atomic E-state index is 6.22. The molecular weight excluding hydrogens is 270 g/mol. The van der Waals surface area contributed by atoms with E-state index in [1.807, 2.05) is 55.5 Å². The van der Waals surface area contributed by atoms with Crippen LogP contribution in [-0.4, -0.2) is 6.04 Å². The predicted molar refractivity (Wildman–Crippen MR) is 84.3 cm³/mol. The summed E-state index contributed by atoms with van der Waals surface area (Å²) >= 11 is 6.07. The van der Waals surface area contributed by atoms with E-state index in [0.29, 0.717) is 5.02 Å². The second kappa shape index (κ2) is 6.78. The van der Waals surface area contributed by atoms with E-state index in [9.17, 15) is 0 Å². The van der Waals surface area contributed by atoms with Gasteiger partial charge in [-0.25, -0.2) is 0 Å². The number of benzene rings is 2. The number of hydrogen-bond acceptors (Lipinski definition) is 2. The number of rotatable bonds is 5. The van der Waals surface area contributed by atoms with Crippen LogP contribution in [0.2, 0.25) is 5.02 Å². The average Bonchev–Trinajstić information content (AvgIpc) is 2.44. The molecule has 0 fully saturated rings. The van der Waals surface area contributed by atoms with Crippen LogP contribution in [0.3, 0.4) is 0 Å². The molecule has 106 valence electrons. The maximum atomic E-state index is 6.22. The molecule has 0 aliphatic carbocycles. The molecule has 0 aromatic heterocycles. The molecule has 2 N–H and O–H groups in total. The van der Waals surface area contributed by atoms with Crippen LogP contribution < -0.4 is 10.5 Å². The number of halogens is 1. The van der Waals surface area contributed by atoms with Crippen molar-refractivity contribution in [2.75, 3.05) is 0 Å². The van der Waals surface area contributed by atoms with E-state index in [2.05, 4.69) is 6.92 Å². The second-order valence-electron chi connectivity index (χ2n) is 4.98. The van der Waals surface area contributed by atoms with Crippen LogP contribution in [0, 0.1) is 6.92 Å². The number of ether oxygens (including phenoxy) is 1. The van der Waals surface area contributed by atoms with E-state index in [1.165, 1.54) is 0 Å². The SMILES string of the molecule is CCC(N)C(Oc1cccc(C)c1)c1cccc(Cl)c1. The summed E-state index contributed by atoms with van der Waals surface area (Å²) in [5, 5.41) is 0.698. The third kappa shape index (κ3) is 3.75. The van der Waals surface area contributed by atoms with Crippen molar-refractivity contribution in [3.63, 3.8) is 0 Å². The molecule has 2 unspecified atom stereocenters. The van der Waals surface area contributed by atoms with Gasteiger partial charge in [-0.2, -0.15) is 0 Å². The number of hydrogen-bond donors (Lipinski definition) is 1. The Kier molecular flexibility index (Phi) is 5.05. The summed E-state index contributed by atoms with van der Waals surface area (Å²) in [4.78, 5) is 0. The van der Waals surface area contributed by atoms with Crippen LogP contribution in [0.4, 0.5) is 0 Å². The fourth-order valence-electron chi connectivity index (χ4n) is 2.14. The van der Waals surface area contributed by atoms with Crippen molar-refractivity contribution in [1.82, 2.24) is 0 Å². The van der Waals surface area contributed by atoms with Crippen molar-refractivity contribution in [1.29, 1.82) is 0 Å². The van der Waals surface area contributed by atoms with Crippen LogP contribution in [0.5, 0.6) is 5.75 Å². The topological polar surface area (TPSA) is 35.2 Å². The van der Waals surface area contributed by atoms with Gasteiger partial charge in [0.25, 0.3) is 0 Å². The molecule has 2 aromatic carbocycles. The molecule has 20 heavy (non-hydrogen) atoms. The highest BCUT2D eigenvalue weighted by atomic mass is 35.5. The molecule has 2 nitrogen and oxygen atoms in total. The van der Waals surface area contributed by atoms with Gasteiger partial charge in [0.1, 0.15) is 11.9 Å². The standard InChI is InChI=1S/C17H20ClNO/c1-3-16(19)17(13-7-5-8-14(18)11-13)20-15-9-4-6-12(2)10-15/h4-11,16-17H,3,19H2,1-2H3. The average molecular weight is 290 g/mol. The van der Waals surface area contributed by atoms with Gasteiger partial charge in [-0.15, -0.1) is 0 Å². The number of aryl methyl sites for hydroxylation is 1. The first-order valence-electron chi connectivity index (χ1n) is 6.84. The minimum absolute atomic E-state index is 0.0750. The Bertz CT molecular complexity index is 570. The highest BCUT2D eigenvalue weighted by molar-refractivity contribution is 6.30. The summed E-state index contributed by atoms with van der Waals surface area (Å²) in [7, 11) is 0. The Morgan fingerprint density at radius 3 is 2.55 bits per heavy atom. The minimum Gasteiger partial charge on any atom is -0.484 e. The van der Waals surface area contributed by atoms with Crippen molar-refractivity contribution in [2.24, 2.45) is 5.73 Å². The van der Waals surface area contributed by atoms with Gasteiger partial charge in [0, 0.05) is 11.1 Å². The highest BCUT2D eigenvalue weighted by Gasteiger charge is 2.20. The zero-order chi connectivity index (χ0) is 14.5. The van der Waals surface area contributed by atoms with Crippen LogP contribution in [0.25, 0.3) is 0 Å². The molecule has 0 aliphatic heterocycles. The second-order valence-corrected chi connectivity index (χ2v) is 5.42. The monoisotopic (exact) mass is 289 g/mol. The van der Waals surface area contributed by atoms with Gasteiger partial charge in [0.05, 0.1) is 0 Å². The Morgan fingerprint density at radius 2 is 1.90 bits per heavy atom. The lowest BCUT2D eigenvalue weighted by molar-refractivity contribution is 0.171. The molecule has 0 saturated heterocycles. The molecule has 3 heteroatoms. The van der Waals surface area contributed by atoms with Crippen molar-refractivity contribution >= 4 is 11.6 Å². The van der Waals surface area contributed by atoms with E-state index in [1.54, 1.807) is 0 Å². The van der Waals surface area contributed by atoms with E-state index in [-0.39, 0.29) is 12.1 Å². The third-order valence-electron chi connectivity index (χ3n) is 3.29. The predicted octanol–water partition coefficient (Wildman–Crippen LogP) is 4.51. The summed E-state index contributed by atoms with van der Waals surface area (Å²) in [6.07, 6.45) is 0.642. The van der Waals surface area contributed by atoms with Crippen LogP contribution >= 0.6 is 11.6 Å². The molecule has 2 aromatic rings. The normalized spacial score (nSPS) is 13.8. The van der Waals surface area contributed by atoms with Gasteiger partial charge >= 0.3 is 0 Å². The molecular formula is C17H20ClNO. The van der Waals surface area contributed by atoms with Crippen LogP contribution in [-0.2, 0) is 0 Å². The zero-order valence-electron chi connectivity index (χ0n) is 11.8. The van der Waals surface area contributed by atoms with Gasteiger partial charge < -0.3 is 10.5 Å². The van der Waals surface area contributed by atoms with E-state index < -0.39 is 0 Å². The fourth-order valence-corrected chi connectivity index (χ4v) is 2.33. The molecule has 0 saturated carbocycles. The summed E-state index contributed by atoms with van der Waals surface area (Å²) in [6.45, 7) is 4.10. The first-order valence-corrected chi connectivity index (χ1v) is 7.22. The largest absolute Gasteiger partial charge is 0.484 e. The minimum atomic E-state index is -0.194. The lowest BCUT2D eigenvalue weighted by Gasteiger charge is -2.25. The van der Waals surface area contributed by atoms with E-state index in [0.717, 1.165) is 23.3 Å². The first-order chi connectivity index (χ1) is 9.60. The van der Waals surface area contributed by atoms with Gasteiger partial charge in [-0.1, -0.05) is 42.8 Å². The molecule has 2 rings (SSSR count). The molecule has 0 heterocycles. The van der Waals surface area contributed by atoms with Gasteiger partial charge in [-0.3, -0.25) is 0 Å². The van der Waals surface area contributed by atoms with Gasteiger partial charge in [0.2, 0.25) is 0 Å². The van der Waals surface area contributed by atoms with Crippen molar-refractivity contribution in [3.8, 4) is 5.75 Å². The zero-order valence-corrected chi connectivity index (χ0v) is 12.6. The fraction of sp³-hybridized carbons (Fsp3) is 0.294. The molecule has 0 spiro atoms. The third-order valence-corrected chi connectivity index (χ3v) is 3.53. The molecule has 0 amide bonds. The summed E-state index contributed by atoms with van der Waals surface area (Å²) in [5.41, 5.74) is 8.39. The Labute approximate surface area is 125 Å². The Balaban J connectivity index is 2.29. The maximum Gasteiger partial charge on any atom is 0.139 e. The summed E-state index contributed by atoms with van der Waals surface area (Å²) in [5.74, 6) is 0.832.